The van der Waals surface area contributed by atoms with Crippen molar-refractivity contribution < 1.29 is 17.6 Å². The molecule has 72 valence electrons. The lowest BCUT2D eigenvalue weighted by molar-refractivity contribution is -0.0608. The Kier molecular flexibility index (Phi) is 2.83. The van der Waals surface area contributed by atoms with Crippen LogP contribution >= 0.6 is 0 Å². The van der Waals surface area contributed by atoms with Gasteiger partial charge in [-0.05, 0) is 12.6 Å². The van der Waals surface area contributed by atoms with Crippen molar-refractivity contribution in [3.8, 4) is 0 Å². The van der Waals surface area contributed by atoms with Crippen LogP contribution in [0.5, 0.6) is 0 Å². The first-order chi connectivity index (χ1) is 5.48. The highest BCUT2D eigenvalue weighted by molar-refractivity contribution is 6.72. The van der Waals surface area contributed by atoms with E-state index in [4.69, 9.17) is 4.43 Å². The summed E-state index contributed by atoms with van der Waals surface area (Å²) in [7, 11) is -2.27. The molecular weight excluding hydrogens is 185 g/mol. The average Bonchev–Trinajstić information content (AvgIpc) is 2.00. The van der Waals surface area contributed by atoms with Crippen LogP contribution in [0.25, 0.3) is 0 Å². The van der Waals surface area contributed by atoms with Crippen LogP contribution in [0, 0.1) is 0 Å². The molecule has 5 heteroatoms. The monoisotopic (exact) mass is 198 g/mol. The Bertz CT molecular complexity index is 155. The zero-order valence-electron chi connectivity index (χ0n) is 7.19. The van der Waals surface area contributed by atoms with E-state index in [1.54, 1.807) is 6.55 Å². The van der Waals surface area contributed by atoms with Gasteiger partial charge in [-0.15, -0.1) is 0 Å². The van der Waals surface area contributed by atoms with Gasteiger partial charge in [0.05, 0.1) is 0 Å². The fraction of sp³-hybridized carbons (Fsp3) is 1.00. The minimum atomic E-state index is -2.27. The summed E-state index contributed by atoms with van der Waals surface area (Å²) in [6.07, 6.45) is -5.81. The molecule has 0 bridgehead atoms. The standard InChI is InChI=1S/C7H13F3OSi/c1-3-12(2)4-5(8)6(9)7(10)11-12/h5-7H,3-4H2,1-2H3. The molecule has 1 nitrogen and oxygen atoms in total. The van der Waals surface area contributed by atoms with Crippen molar-refractivity contribution in [1.29, 1.82) is 0 Å². The minimum absolute atomic E-state index is 0.0745. The predicted octanol–water partition coefficient (Wildman–Crippen LogP) is 2.58. The van der Waals surface area contributed by atoms with Crippen LogP contribution in [0.15, 0.2) is 0 Å². The molecule has 0 spiro atoms. The molecule has 1 saturated heterocycles. The fourth-order valence-corrected chi connectivity index (χ4v) is 3.58. The van der Waals surface area contributed by atoms with Crippen molar-refractivity contribution in [3.05, 3.63) is 0 Å². The number of halogens is 3. The van der Waals surface area contributed by atoms with Gasteiger partial charge >= 0.3 is 0 Å². The van der Waals surface area contributed by atoms with Crippen LogP contribution in [0.1, 0.15) is 6.92 Å². The van der Waals surface area contributed by atoms with E-state index in [0.717, 1.165) is 0 Å². The summed E-state index contributed by atoms with van der Waals surface area (Å²) >= 11 is 0. The van der Waals surface area contributed by atoms with E-state index in [9.17, 15) is 13.2 Å². The van der Waals surface area contributed by atoms with Gasteiger partial charge in [-0.1, -0.05) is 6.92 Å². The van der Waals surface area contributed by atoms with Gasteiger partial charge in [0.25, 0.3) is 0 Å². The van der Waals surface area contributed by atoms with E-state index in [1.807, 2.05) is 6.92 Å². The first kappa shape index (κ1) is 10.1. The molecule has 0 aliphatic carbocycles. The summed E-state index contributed by atoms with van der Waals surface area (Å²) in [5.74, 6) is 0. The van der Waals surface area contributed by atoms with Crippen molar-refractivity contribution in [2.45, 2.75) is 44.3 Å². The molecular formula is C7H13F3OSi. The molecule has 0 radical (unpaired) electrons. The lowest BCUT2D eigenvalue weighted by atomic mass is 10.3. The quantitative estimate of drug-likeness (QED) is 0.588. The molecule has 12 heavy (non-hydrogen) atoms. The maximum Gasteiger partial charge on any atom is 0.224 e. The molecule has 1 aliphatic rings. The largest absolute Gasteiger partial charge is 0.387 e. The van der Waals surface area contributed by atoms with E-state index in [-0.39, 0.29) is 6.04 Å². The molecule has 1 heterocycles. The first-order valence-electron chi connectivity index (χ1n) is 4.08. The van der Waals surface area contributed by atoms with Crippen molar-refractivity contribution in [2.75, 3.05) is 0 Å². The second-order valence-electron chi connectivity index (χ2n) is 3.44. The highest BCUT2D eigenvalue weighted by Gasteiger charge is 2.46. The van der Waals surface area contributed by atoms with Crippen molar-refractivity contribution in [1.82, 2.24) is 0 Å². The molecule has 1 fully saturated rings. The molecule has 1 rings (SSSR count). The van der Waals surface area contributed by atoms with Gasteiger partial charge in [0.1, 0.15) is 6.17 Å². The number of rotatable bonds is 1. The smallest absolute Gasteiger partial charge is 0.224 e. The van der Waals surface area contributed by atoms with Crippen LogP contribution in [0.3, 0.4) is 0 Å². The number of hydrogen-bond donors (Lipinski definition) is 0. The zero-order valence-corrected chi connectivity index (χ0v) is 8.19. The van der Waals surface area contributed by atoms with E-state index >= 15 is 0 Å². The Balaban J connectivity index is 2.65. The van der Waals surface area contributed by atoms with Gasteiger partial charge in [-0.25, -0.2) is 13.2 Å². The van der Waals surface area contributed by atoms with Crippen molar-refractivity contribution >= 4 is 8.32 Å². The summed E-state index contributed by atoms with van der Waals surface area (Å²) in [5.41, 5.74) is 0. The summed E-state index contributed by atoms with van der Waals surface area (Å²) < 4.78 is 43.0. The molecule has 4 unspecified atom stereocenters. The third-order valence-electron chi connectivity index (χ3n) is 2.37. The third-order valence-corrected chi connectivity index (χ3v) is 5.91. The molecule has 0 aromatic rings. The van der Waals surface area contributed by atoms with Crippen molar-refractivity contribution in [2.24, 2.45) is 0 Å². The molecule has 0 aromatic heterocycles. The van der Waals surface area contributed by atoms with Crippen LogP contribution in [0.4, 0.5) is 13.2 Å². The van der Waals surface area contributed by atoms with Gasteiger partial charge in [0, 0.05) is 6.04 Å². The Morgan fingerprint density at radius 2 is 2.00 bits per heavy atom. The molecule has 0 saturated carbocycles. The zero-order chi connectivity index (χ0) is 9.35. The van der Waals surface area contributed by atoms with Crippen LogP contribution < -0.4 is 0 Å². The molecule has 0 N–H and O–H groups in total. The maximum atomic E-state index is 12.8. The van der Waals surface area contributed by atoms with E-state index in [0.29, 0.717) is 6.04 Å². The summed E-state index contributed by atoms with van der Waals surface area (Å²) in [4.78, 5) is 0. The second kappa shape index (κ2) is 3.37. The van der Waals surface area contributed by atoms with Gasteiger partial charge < -0.3 is 4.43 Å². The molecule has 4 atom stereocenters. The maximum absolute atomic E-state index is 12.8. The molecule has 0 aromatic carbocycles. The predicted molar refractivity (Wildman–Crippen MR) is 42.7 cm³/mol. The number of alkyl halides is 3. The second-order valence-corrected chi connectivity index (χ2v) is 7.69. The van der Waals surface area contributed by atoms with Crippen LogP contribution in [-0.2, 0) is 4.43 Å². The minimum Gasteiger partial charge on any atom is -0.387 e. The molecule has 1 aliphatic heterocycles. The molecule has 0 amide bonds. The Hall–Kier alpha value is -0.0331. The normalized spacial score (nSPS) is 49.2. The average molecular weight is 198 g/mol. The van der Waals surface area contributed by atoms with Crippen LogP contribution in [-0.4, -0.2) is 27.0 Å². The first-order valence-corrected chi connectivity index (χ1v) is 6.91. The highest BCUT2D eigenvalue weighted by Crippen LogP contribution is 2.33. The van der Waals surface area contributed by atoms with E-state index < -0.39 is 27.0 Å². The summed E-state index contributed by atoms with van der Waals surface area (Å²) in [5, 5.41) is 0. The Morgan fingerprint density at radius 3 is 2.42 bits per heavy atom. The van der Waals surface area contributed by atoms with Gasteiger partial charge in [-0.3, -0.25) is 0 Å². The Labute approximate surface area is 71.0 Å². The fourth-order valence-electron chi connectivity index (χ4n) is 1.30. The summed E-state index contributed by atoms with van der Waals surface area (Å²) in [6, 6.07) is 0.700. The lowest BCUT2D eigenvalue weighted by Crippen LogP contribution is -2.50. The van der Waals surface area contributed by atoms with Gasteiger partial charge in [-0.2, -0.15) is 0 Å². The van der Waals surface area contributed by atoms with Crippen molar-refractivity contribution in [3.63, 3.8) is 0 Å². The SMILES string of the molecule is CC[Si]1(C)CC(F)C(F)C(F)O1. The van der Waals surface area contributed by atoms with Gasteiger partial charge in [0.15, 0.2) is 14.5 Å². The van der Waals surface area contributed by atoms with E-state index in [2.05, 4.69) is 0 Å². The van der Waals surface area contributed by atoms with E-state index in [1.165, 1.54) is 0 Å². The Morgan fingerprint density at radius 1 is 1.42 bits per heavy atom. The lowest BCUT2D eigenvalue weighted by Gasteiger charge is -2.36. The topological polar surface area (TPSA) is 9.23 Å². The summed E-state index contributed by atoms with van der Waals surface area (Å²) in [6.45, 7) is 3.56. The van der Waals surface area contributed by atoms with Gasteiger partial charge in [0.2, 0.25) is 6.36 Å². The van der Waals surface area contributed by atoms with Crippen LogP contribution in [0.2, 0.25) is 18.6 Å². The third kappa shape index (κ3) is 1.82. The number of hydrogen-bond acceptors (Lipinski definition) is 1. The highest BCUT2D eigenvalue weighted by atomic mass is 28.4.